The molecule has 1 unspecified atom stereocenters. The largest absolute Gasteiger partial charge is 0.446 e. The van der Waals surface area contributed by atoms with Gasteiger partial charge in [0.15, 0.2) is 0 Å². The van der Waals surface area contributed by atoms with E-state index in [1.165, 1.54) is 181 Å². The van der Waals surface area contributed by atoms with E-state index in [1.807, 2.05) is 12.1 Å². The maximum atomic E-state index is 14.7. The molecule has 0 saturated heterocycles. The van der Waals surface area contributed by atoms with Gasteiger partial charge in [-0.25, -0.2) is 4.44 Å². The average Bonchev–Trinajstić information content (AvgIpc) is 3.39. The number of alkyl halides is 3. The highest BCUT2D eigenvalue weighted by molar-refractivity contribution is 8.01. The van der Waals surface area contributed by atoms with E-state index in [2.05, 4.69) is 147 Å². The number of thioether (sulfide) groups is 1. The molecule has 10 heteroatoms. The molecule has 0 aliphatic rings. The van der Waals surface area contributed by atoms with Crippen LogP contribution in [0.5, 0.6) is 0 Å². The summed E-state index contributed by atoms with van der Waals surface area (Å²) >= 11 is 0.0663. The fraction of sp³-hybridized carbons (Fsp3) is 0.613. The van der Waals surface area contributed by atoms with Crippen LogP contribution in [-0.4, -0.2) is 41.2 Å². The van der Waals surface area contributed by atoms with E-state index in [9.17, 15) is 13.2 Å². The van der Waals surface area contributed by atoms with Crippen LogP contribution in [0.1, 0.15) is 178 Å². The molecule has 4 rings (SSSR count). The Morgan fingerprint density at radius 1 is 0.375 bits per heavy atom. The van der Waals surface area contributed by atoms with Crippen molar-refractivity contribution in [2.75, 3.05) is 7.05 Å². The lowest BCUT2D eigenvalue weighted by molar-refractivity contribution is -0.0327. The average molecular weight is 1090 g/mol. The Balaban J connectivity index is 2.05. The highest BCUT2D eigenvalue weighted by atomic mass is 32.2. The molecular formula is C62H100F3NP2SSi3. The number of unbranched alkanes of at least 4 members (excludes halogenated alkanes) is 9. The van der Waals surface area contributed by atoms with E-state index >= 15 is 0 Å². The minimum absolute atomic E-state index is 0.0663. The van der Waals surface area contributed by atoms with Gasteiger partial charge < -0.3 is 0 Å². The first kappa shape index (κ1) is 63.0. The Kier molecular flexibility index (Phi) is 28.8. The number of hydrogen-bond donors (Lipinski definition) is 0. The molecule has 0 fully saturated rings. The first-order valence-corrected chi connectivity index (χ1v) is 40.6. The van der Waals surface area contributed by atoms with E-state index in [0.29, 0.717) is 4.90 Å². The second kappa shape index (κ2) is 32.9. The van der Waals surface area contributed by atoms with Gasteiger partial charge in [0, 0.05) is 26.3 Å². The van der Waals surface area contributed by atoms with Gasteiger partial charge in [-0.15, -0.1) is 0 Å². The molecule has 0 bridgehead atoms. The van der Waals surface area contributed by atoms with Crippen LogP contribution in [0.3, 0.4) is 0 Å². The van der Waals surface area contributed by atoms with Gasteiger partial charge in [0.2, 0.25) is 0 Å². The molecule has 4 aromatic rings. The number of rotatable bonds is 37. The predicted molar refractivity (Wildman–Crippen MR) is 331 cm³/mol. The summed E-state index contributed by atoms with van der Waals surface area (Å²) in [6, 6.07) is 49.3. The van der Waals surface area contributed by atoms with Crippen LogP contribution < -0.4 is 36.8 Å². The summed E-state index contributed by atoms with van der Waals surface area (Å²) in [6.45, 7) is 21.1. The Hall–Kier alpha value is -1.51. The quantitative estimate of drug-likeness (QED) is 0.0252. The first-order chi connectivity index (χ1) is 34.8. The normalized spacial score (nSPS) is 13.2. The molecule has 0 aliphatic carbocycles. The molecule has 0 saturated carbocycles. The molecule has 1 nitrogen and oxygen atoms in total. The smallest absolute Gasteiger partial charge is 0.248 e. The van der Waals surface area contributed by atoms with Gasteiger partial charge in [-0.3, -0.25) is 0 Å². The lowest BCUT2D eigenvalue weighted by atomic mass is 10.3. The van der Waals surface area contributed by atoms with E-state index < -0.39 is 45.9 Å². The van der Waals surface area contributed by atoms with Crippen LogP contribution in [-0.2, 0) is 0 Å². The molecule has 402 valence electrons. The van der Waals surface area contributed by atoms with Crippen molar-refractivity contribution in [2.45, 2.75) is 243 Å². The molecule has 1 atom stereocenters. The van der Waals surface area contributed by atoms with E-state index in [0.717, 1.165) is 10.6 Å². The second-order valence-electron chi connectivity index (χ2n) is 21.5. The van der Waals surface area contributed by atoms with Gasteiger partial charge in [0.25, 0.3) is 0 Å². The highest BCUT2D eigenvalue weighted by Crippen LogP contribution is 2.55. The molecular weight excluding hydrogens is 994 g/mol. The van der Waals surface area contributed by atoms with E-state index in [-0.39, 0.29) is 11.8 Å². The molecule has 0 aromatic heterocycles. The maximum Gasteiger partial charge on any atom is 0.446 e. The molecule has 0 spiro atoms. The summed E-state index contributed by atoms with van der Waals surface area (Å²) in [6.07, 6.45) is 22.6. The van der Waals surface area contributed by atoms with Crippen molar-refractivity contribution in [3.8, 4) is 0 Å². The molecule has 0 N–H and O–H groups in total. The van der Waals surface area contributed by atoms with E-state index in [1.54, 1.807) is 27.7 Å². The fourth-order valence-electron chi connectivity index (χ4n) is 11.8. The molecule has 72 heavy (non-hydrogen) atoms. The number of hydrogen-bond acceptors (Lipinski definition) is 2. The van der Waals surface area contributed by atoms with Gasteiger partial charge in [-0.1, -0.05) is 339 Å². The van der Waals surface area contributed by atoms with Gasteiger partial charge in [0.1, 0.15) is 0 Å². The van der Waals surface area contributed by atoms with Gasteiger partial charge >= 0.3 is 5.51 Å². The van der Waals surface area contributed by atoms with Crippen LogP contribution in [0.25, 0.3) is 0 Å². The second-order valence-corrected chi connectivity index (χ2v) is 41.4. The fourth-order valence-corrected chi connectivity index (χ4v) is 35.1. The minimum Gasteiger partial charge on any atom is -0.248 e. The number of benzene rings is 4. The highest BCUT2D eigenvalue weighted by Gasteiger charge is 2.39. The zero-order chi connectivity index (χ0) is 52.5. The summed E-state index contributed by atoms with van der Waals surface area (Å²) in [5.74, 6) is 0. The van der Waals surface area contributed by atoms with Crippen LogP contribution >= 0.6 is 27.9 Å². The Morgan fingerprint density at radius 3 is 0.875 bits per heavy atom. The zero-order valence-corrected chi connectivity index (χ0v) is 52.8. The third kappa shape index (κ3) is 18.0. The van der Waals surface area contributed by atoms with Crippen LogP contribution in [0.2, 0.25) is 54.4 Å². The SMILES string of the molecule is CCCC[Si](CCCC)(CCCC)c1ccc(P(c2ccc([Si](CCCC)(CCCC)CCCC)cc2)N(C)P(c2ccc([Si](CCCC)(CCCC)CCCC)cc2)c2ccccc2SC(F)(F)F)cc1. The van der Waals surface area contributed by atoms with Crippen LogP contribution in [0.4, 0.5) is 13.2 Å². The maximum absolute atomic E-state index is 14.7. The molecule has 0 aliphatic heterocycles. The van der Waals surface area contributed by atoms with Crippen molar-refractivity contribution in [3.63, 3.8) is 0 Å². The van der Waals surface area contributed by atoms with Crippen molar-refractivity contribution in [2.24, 2.45) is 0 Å². The Bertz CT molecular complexity index is 1930. The Labute approximate surface area is 450 Å². The van der Waals surface area contributed by atoms with Gasteiger partial charge in [-0.05, 0) is 40.8 Å². The van der Waals surface area contributed by atoms with Gasteiger partial charge in [0.05, 0.1) is 24.2 Å². The van der Waals surface area contributed by atoms with Gasteiger partial charge in [-0.2, -0.15) is 13.2 Å². The summed E-state index contributed by atoms with van der Waals surface area (Å²) in [5.41, 5.74) is -4.40. The minimum atomic E-state index is -4.40. The molecule has 0 radical (unpaired) electrons. The number of nitrogens with zero attached hydrogens (tertiary/aromatic N) is 1. The monoisotopic (exact) mass is 1090 g/mol. The molecule has 0 amide bonds. The van der Waals surface area contributed by atoms with Crippen molar-refractivity contribution < 1.29 is 13.2 Å². The zero-order valence-electron chi connectivity index (χ0n) is 47.2. The summed E-state index contributed by atoms with van der Waals surface area (Å²) in [5, 5.41) is 9.32. The van der Waals surface area contributed by atoms with Crippen molar-refractivity contribution >= 4 is 88.9 Å². The third-order valence-electron chi connectivity index (χ3n) is 16.2. The summed E-state index contributed by atoms with van der Waals surface area (Å²) in [4.78, 5) is 0.322. The Morgan fingerprint density at radius 2 is 0.625 bits per heavy atom. The van der Waals surface area contributed by atoms with Crippen molar-refractivity contribution in [3.05, 3.63) is 97.1 Å². The van der Waals surface area contributed by atoms with E-state index in [4.69, 9.17) is 0 Å². The lowest BCUT2D eigenvalue weighted by Crippen LogP contribution is -2.48. The predicted octanol–water partition coefficient (Wildman–Crippen LogP) is 18.8. The molecule has 4 aromatic carbocycles. The lowest BCUT2D eigenvalue weighted by Gasteiger charge is -2.38. The van der Waals surface area contributed by atoms with Crippen LogP contribution in [0.15, 0.2) is 102 Å². The molecule has 0 heterocycles. The van der Waals surface area contributed by atoms with Crippen molar-refractivity contribution in [1.82, 2.24) is 4.44 Å². The number of halogens is 3. The van der Waals surface area contributed by atoms with Crippen LogP contribution in [0, 0.1) is 0 Å². The summed E-state index contributed by atoms with van der Waals surface area (Å²) < 4.78 is 46.6. The topological polar surface area (TPSA) is 3.24 Å². The first-order valence-electron chi connectivity index (χ1n) is 29.3. The van der Waals surface area contributed by atoms with Crippen molar-refractivity contribution in [1.29, 1.82) is 0 Å². The third-order valence-corrected chi connectivity index (χ3v) is 39.0. The standard InChI is InChI=1S/C62H100F3NP2SSi3/c1-11-20-45-70(46-21-12-2,47-22-13-3)57-39-33-54(34-40-57)67(55-35-41-58(42-36-55)71(48-23-14-4,49-24-15-5)50-25-16-6)66(10)68(60-31-29-30-32-61(60)69-62(63,64)65)56-37-43-59(44-38-56)72(51-26-17-7,52-27-18-8)53-28-19-9/h29-44H,11-28,45-53H2,1-10H3. The summed E-state index contributed by atoms with van der Waals surface area (Å²) in [7, 11) is -5.63.